The summed E-state index contributed by atoms with van der Waals surface area (Å²) < 4.78 is 11.3. The molecule has 0 radical (unpaired) electrons. The molecule has 0 unspecified atom stereocenters. The van der Waals surface area contributed by atoms with Crippen molar-refractivity contribution < 1.29 is 14.3 Å². The van der Waals surface area contributed by atoms with Gasteiger partial charge in [-0.1, -0.05) is 19.4 Å². The van der Waals surface area contributed by atoms with E-state index < -0.39 is 0 Å². The van der Waals surface area contributed by atoms with Crippen LogP contribution >= 0.6 is 0 Å². The molecule has 2 aromatic rings. The van der Waals surface area contributed by atoms with Gasteiger partial charge in [0.05, 0.1) is 19.3 Å². The molecule has 0 saturated carbocycles. The average Bonchev–Trinajstić information content (AvgIpc) is 2.61. The minimum atomic E-state index is -0.116. The van der Waals surface area contributed by atoms with Gasteiger partial charge in [-0.3, -0.25) is 4.79 Å². The molecule has 0 aliphatic carbocycles. The van der Waals surface area contributed by atoms with Crippen LogP contribution < -0.4 is 20.1 Å². The normalized spacial score (nSPS) is 10.5. The van der Waals surface area contributed by atoms with Crippen molar-refractivity contribution in [2.75, 3.05) is 23.8 Å². The van der Waals surface area contributed by atoms with Gasteiger partial charge in [0.2, 0.25) is 5.91 Å². The fraction of sp³-hybridized carbons (Fsp3) is 0.381. The predicted octanol–water partition coefficient (Wildman–Crippen LogP) is 4.70. The number of hydrogen-bond acceptors (Lipinski definition) is 4. The molecule has 5 heteroatoms. The van der Waals surface area contributed by atoms with Crippen LogP contribution in [0.3, 0.4) is 0 Å². The second-order valence-electron chi connectivity index (χ2n) is 6.32. The maximum atomic E-state index is 12.1. The molecule has 26 heavy (non-hydrogen) atoms. The lowest BCUT2D eigenvalue weighted by molar-refractivity contribution is -0.114. The highest BCUT2D eigenvalue weighted by atomic mass is 16.5. The Bertz CT molecular complexity index is 684. The molecular weight excluding hydrogens is 328 g/mol. The zero-order valence-electron chi connectivity index (χ0n) is 15.7. The van der Waals surface area contributed by atoms with Crippen LogP contribution in [0.4, 0.5) is 11.4 Å². The largest absolute Gasteiger partial charge is 0.494 e. The molecule has 0 bridgehead atoms. The van der Waals surface area contributed by atoms with Crippen molar-refractivity contribution in [3.05, 3.63) is 48.5 Å². The fourth-order valence-electron chi connectivity index (χ4n) is 2.31. The molecule has 0 fully saturated rings. The van der Waals surface area contributed by atoms with Crippen molar-refractivity contribution in [1.29, 1.82) is 0 Å². The molecule has 2 aromatic carbocycles. The Balaban J connectivity index is 1.79. The molecule has 0 aliphatic rings. The molecule has 1 amide bonds. The summed E-state index contributed by atoms with van der Waals surface area (Å²) in [5.41, 5.74) is 1.59. The van der Waals surface area contributed by atoms with Gasteiger partial charge in [0.1, 0.15) is 11.5 Å². The number of rotatable bonds is 10. The molecule has 0 aromatic heterocycles. The highest BCUT2D eigenvalue weighted by Gasteiger charge is 2.05. The predicted molar refractivity (Wildman–Crippen MR) is 106 cm³/mol. The first kappa shape index (κ1) is 19.6. The van der Waals surface area contributed by atoms with Gasteiger partial charge in [0, 0.05) is 17.4 Å². The van der Waals surface area contributed by atoms with Crippen LogP contribution in [-0.4, -0.2) is 25.2 Å². The van der Waals surface area contributed by atoms with Crippen molar-refractivity contribution in [3.63, 3.8) is 0 Å². The minimum absolute atomic E-state index is 0.0940. The van der Waals surface area contributed by atoms with Crippen molar-refractivity contribution >= 4 is 17.3 Å². The van der Waals surface area contributed by atoms with Crippen LogP contribution in [0, 0.1) is 0 Å². The first-order chi connectivity index (χ1) is 12.6. The van der Waals surface area contributed by atoms with Crippen LogP contribution in [0.2, 0.25) is 0 Å². The van der Waals surface area contributed by atoms with E-state index >= 15 is 0 Å². The third-order valence-electron chi connectivity index (χ3n) is 3.56. The van der Waals surface area contributed by atoms with Crippen molar-refractivity contribution in [3.8, 4) is 11.5 Å². The van der Waals surface area contributed by atoms with Crippen molar-refractivity contribution in [1.82, 2.24) is 0 Å². The molecule has 2 N–H and O–H groups in total. The molecular formula is C21H28N2O3. The molecule has 2 rings (SSSR count). The van der Waals surface area contributed by atoms with Crippen LogP contribution in [0.1, 0.15) is 33.6 Å². The minimum Gasteiger partial charge on any atom is -0.494 e. The van der Waals surface area contributed by atoms with Gasteiger partial charge in [0.15, 0.2) is 0 Å². The first-order valence-electron chi connectivity index (χ1n) is 9.10. The zero-order chi connectivity index (χ0) is 18.8. The topological polar surface area (TPSA) is 59.6 Å². The summed E-state index contributed by atoms with van der Waals surface area (Å²) in [5.74, 6) is 1.47. The number of carbonyl (C=O) groups is 1. The van der Waals surface area contributed by atoms with E-state index in [-0.39, 0.29) is 18.6 Å². The smallest absolute Gasteiger partial charge is 0.243 e. The quantitative estimate of drug-likeness (QED) is 0.606. The number of anilines is 2. The summed E-state index contributed by atoms with van der Waals surface area (Å²) in [6, 6.07) is 15.0. The summed E-state index contributed by atoms with van der Waals surface area (Å²) in [4.78, 5) is 12.1. The molecule has 0 heterocycles. The van der Waals surface area contributed by atoms with Crippen LogP contribution in [0.25, 0.3) is 0 Å². The summed E-state index contributed by atoms with van der Waals surface area (Å²) in [5, 5.41) is 5.97. The van der Waals surface area contributed by atoms with Gasteiger partial charge in [-0.25, -0.2) is 0 Å². The number of hydrogen-bond donors (Lipinski definition) is 2. The number of benzene rings is 2. The Hall–Kier alpha value is -2.69. The van der Waals surface area contributed by atoms with Crippen LogP contribution in [0.5, 0.6) is 11.5 Å². The monoisotopic (exact) mass is 356 g/mol. The standard InChI is InChI=1S/C21H28N2O3/c1-4-5-13-25-19-11-9-17(10-12-19)22-15-21(24)23-18-7-6-8-20(14-18)26-16(2)3/h6-12,14,16,22H,4-5,13,15H2,1-3H3,(H,23,24). The molecule has 140 valence electrons. The van der Waals surface area contributed by atoms with E-state index in [1.165, 1.54) is 0 Å². The zero-order valence-corrected chi connectivity index (χ0v) is 15.7. The highest BCUT2D eigenvalue weighted by molar-refractivity contribution is 5.93. The third-order valence-corrected chi connectivity index (χ3v) is 3.56. The Labute approximate surface area is 155 Å². The van der Waals surface area contributed by atoms with Gasteiger partial charge in [0.25, 0.3) is 0 Å². The number of amides is 1. The van der Waals surface area contributed by atoms with Gasteiger partial charge < -0.3 is 20.1 Å². The van der Waals surface area contributed by atoms with Crippen molar-refractivity contribution in [2.45, 2.75) is 39.7 Å². The van der Waals surface area contributed by atoms with Crippen molar-refractivity contribution in [2.24, 2.45) is 0 Å². The lowest BCUT2D eigenvalue weighted by Crippen LogP contribution is -2.21. The highest BCUT2D eigenvalue weighted by Crippen LogP contribution is 2.19. The summed E-state index contributed by atoms with van der Waals surface area (Å²) in [6.45, 7) is 6.98. The second-order valence-corrected chi connectivity index (χ2v) is 6.32. The number of ether oxygens (including phenoxy) is 2. The number of nitrogens with one attached hydrogen (secondary N) is 2. The van der Waals surface area contributed by atoms with E-state index in [0.717, 1.165) is 42.3 Å². The molecule has 0 spiro atoms. The Morgan fingerprint density at radius 1 is 1.04 bits per heavy atom. The van der Waals surface area contributed by atoms with E-state index in [4.69, 9.17) is 9.47 Å². The van der Waals surface area contributed by atoms with E-state index in [1.807, 2.05) is 62.4 Å². The molecule has 0 saturated heterocycles. The van der Waals surface area contributed by atoms with Crippen LogP contribution in [0.15, 0.2) is 48.5 Å². The Morgan fingerprint density at radius 3 is 2.50 bits per heavy atom. The van der Waals surface area contributed by atoms with Gasteiger partial charge in [-0.2, -0.15) is 0 Å². The fourth-order valence-corrected chi connectivity index (χ4v) is 2.31. The molecule has 0 atom stereocenters. The summed E-state index contributed by atoms with van der Waals surface area (Å²) in [7, 11) is 0. The van der Waals surface area contributed by atoms with Crippen LogP contribution in [-0.2, 0) is 4.79 Å². The maximum Gasteiger partial charge on any atom is 0.243 e. The van der Waals surface area contributed by atoms with E-state index in [0.29, 0.717) is 0 Å². The number of carbonyl (C=O) groups excluding carboxylic acids is 1. The first-order valence-corrected chi connectivity index (χ1v) is 9.10. The molecule has 0 aliphatic heterocycles. The SMILES string of the molecule is CCCCOc1ccc(NCC(=O)Nc2cccc(OC(C)C)c2)cc1. The number of unbranched alkanes of at least 4 members (excludes halogenated alkanes) is 1. The lowest BCUT2D eigenvalue weighted by atomic mass is 10.3. The van der Waals surface area contributed by atoms with E-state index in [1.54, 1.807) is 0 Å². The summed E-state index contributed by atoms with van der Waals surface area (Å²) in [6.07, 6.45) is 2.25. The molecule has 5 nitrogen and oxygen atoms in total. The Kier molecular flexibility index (Phi) is 7.80. The maximum absolute atomic E-state index is 12.1. The summed E-state index contributed by atoms with van der Waals surface area (Å²) >= 11 is 0. The average molecular weight is 356 g/mol. The van der Waals surface area contributed by atoms with E-state index in [9.17, 15) is 4.79 Å². The third kappa shape index (κ3) is 7.05. The lowest BCUT2D eigenvalue weighted by Gasteiger charge is -2.12. The van der Waals surface area contributed by atoms with E-state index in [2.05, 4.69) is 17.6 Å². The second kappa shape index (κ2) is 10.3. The van der Waals surface area contributed by atoms with Gasteiger partial charge >= 0.3 is 0 Å². The van der Waals surface area contributed by atoms with Gasteiger partial charge in [-0.05, 0) is 56.7 Å². The Morgan fingerprint density at radius 2 is 1.81 bits per heavy atom. The van der Waals surface area contributed by atoms with Gasteiger partial charge in [-0.15, -0.1) is 0 Å².